The van der Waals surface area contributed by atoms with Gasteiger partial charge in [0.25, 0.3) is 0 Å². The van der Waals surface area contributed by atoms with Gasteiger partial charge in [-0.25, -0.2) is 4.79 Å². The van der Waals surface area contributed by atoms with E-state index < -0.39 is 12.1 Å². The Labute approximate surface area is 247 Å². The highest BCUT2D eigenvalue weighted by Gasteiger charge is 2.30. The molecule has 5 rings (SSSR count). The van der Waals surface area contributed by atoms with E-state index in [1.807, 2.05) is 85.8 Å². The smallest absolute Gasteiger partial charge is 0.407 e. The fourth-order valence-corrected chi connectivity index (χ4v) is 5.52. The van der Waals surface area contributed by atoms with Gasteiger partial charge in [-0.15, -0.1) is 0 Å². The normalized spacial score (nSPS) is 12.5. The maximum absolute atomic E-state index is 13.7. The van der Waals surface area contributed by atoms with Gasteiger partial charge in [0, 0.05) is 37.7 Å². The van der Waals surface area contributed by atoms with Gasteiger partial charge in [0.15, 0.2) is 0 Å². The Morgan fingerprint density at radius 3 is 2.07 bits per heavy atom. The van der Waals surface area contributed by atoms with E-state index in [0.717, 1.165) is 28.1 Å². The van der Waals surface area contributed by atoms with Crippen molar-refractivity contribution in [2.24, 2.45) is 0 Å². The molecular formula is C35H37N3O4. The number of amides is 2. The number of alkyl carbamates (subject to hydrolysis) is 1. The minimum absolute atomic E-state index is 0.0532. The zero-order valence-corrected chi connectivity index (χ0v) is 24.1. The van der Waals surface area contributed by atoms with Crippen LogP contribution < -0.4 is 15.4 Å². The molecular weight excluding hydrogens is 526 g/mol. The summed E-state index contributed by atoms with van der Waals surface area (Å²) in [6, 6.07) is 33.1. The Morgan fingerprint density at radius 2 is 1.45 bits per heavy atom. The fraction of sp³-hybridized carbons (Fsp3) is 0.257. The molecule has 0 unspecified atom stereocenters. The van der Waals surface area contributed by atoms with Crippen LogP contribution in [0.4, 0.5) is 10.5 Å². The van der Waals surface area contributed by atoms with Crippen LogP contribution in [0.25, 0.3) is 11.1 Å². The van der Waals surface area contributed by atoms with Gasteiger partial charge in [0.2, 0.25) is 5.91 Å². The van der Waals surface area contributed by atoms with Crippen molar-refractivity contribution in [1.29, 1.82) is 0 Å². The molecule has 4 aromatic carbocycles. The van der Waals surface area contributed by atoms with Crippen LogP contribution in [-0.4, -0.2) is 56.3 Å². The van der Waals surface area contributed by atoms with Crippen LogP contribution >= 0.6 is 0 Å². The van der Waals surface area contributed by atoms with Crippen molar-refractivity contribution >= 4 is 17.7 Å². The number of nitrogens with one attached hydrogen (secondary N) is 2. The highest BCUT2D eigenvalue weighted by atomic mass is 16.5. The maximum Gasteiger partial charge on any atom is 0.407 e. The van der Waals surface area contributed by atoms with Gasteiger partial charge in [0.05, 0.1) is 7.11 Å². The maximum atomic E-state index is 13.7. The van der Waals surface area contributed by atoms with Crippen molar-refractivity contribution in [3.63, 3.8) is 0 Å². The molecule has 0 aromatic heterocycles. The second-order valence-corrected chi connectivity index (χ2v) is 10.3. The summed E-state index contributed by atoms with van der Waals surface area (Å²) in [5.41, 5.74) is 6.52. The fourth-order valence-electron chi connectivity index (χ4n) is 5.52. The van der Waals surface area contributed by atoms with Crippen LogP contribution in [0.5, 0.6) is 5.75 Å². The number of anilines is 1. The van der Waals surface area contributed by atoms with Crippen LogP contribution in [-0.2, 0) is 16.0 Å². The lowest BCUT2D eigenvalue weighted by molar-refractivity contribution is -0.133. The average molecular weight is 564 g/mol. The first-order chi connectivity index (χ1) is 20.6. The van der Waals surface area contributed by atoms with Gasteiger partial charge in [-0.1, -0.05) is 78.9 Å². The Balaban J connectivity index is 1.24. The van der Waals surface area contributed by atoms with Gasteiger partial charge in [-0.3, -0.25) is 4.79 Å². The lowest BCUT2D eigenvalue weighted by atomic mass is 9.98. The van der Waals surface area contributed by atoms with Crippen LogP contribution in [0.2, 0.25) is 0 Å². The van der Waals surface area contributed by atoms with E-state index in [4.69, 9.17) is 9.47 Å². The standard InChI is InChI=1S/C35H37N3O4/c1-3-38(22-21-36-26-17-19-27(41-2)20-18-26)34(39)33(23-25-11-5-4-6-12-25)37-35(40)42-24-32-30-15-9-7-13-28(30)29-14-8-10-16-31(29)32/h4-20,32-33,36H,3,21-24H2,1-2H3,(H,37,40)/t33-/m0/s1. The van der Waals surface area contributed by atoms with Gasteiger partial charge in [-0.05, 0) is 59.0 Å². The lowest BCUT2D eigenvalue weighted by Crippen LogP contribution is -2.51. The molecule has 0 saturated heterocycles. The molecule has 42 heavy (non-hydrogen) atoms. The van der Waals surface area contributed by atoms with E-state index in [2.05, 4.69) is 34.9 Å². The highest BCUT2D eigenvalue weighted by Crippen LogP contribution is 2.44. The van der Waals surface area contributed by atoms with E-state index in [0.29, 0.717) is 26.1 Å². The molecule has 0 fully saturated rings. The Kier molecular flexibility index (Phi) is 9.39. The summed E-state index contributed by atoms with van der Waals surface area (Å²) in [6.45, 7) is 3.70. The van der Waals surface area contributed by atoms with Crippen molar-refractivity contribution in [2.45, 2.75) is 25.3 Å². The number of methoxy groups -OCH3 is 1. The van der Waals surface area contributed by atoms with E-state index in [1.54, 1.807) is 12.0 Å². The van der Waals surface area contributed by atoms with E-state index in [1.165, 1.54) is 11.1 Å². The molecule has 1 aliphatic carbocycles. The Bertz CT molecular complexity index is 1440. The van der Waals surface area contributed by atoms with Gasteiger partial charge < -0.3 is 25.0 Å². The van der Waals surface area contributed by atoms with Crippen LogP contribution in [0.3, 0.4) is 0 Å². The van der Waals surface area contributed by atoms with Gasteiger partial charge in [0.1, 0.15) is 18.4 Å². The Morgan fingerprint density at radius 1 is 0.833 bits per heavy atom. The summed E-state index contributed by atoms with van der Waals surface area (Å²) < 4.78 is 11.0. The highest BCUT2D eigenvalue weighted by molar-refractivity contribution is 5.86. The van der Waals surface area contributed by atoms with Crippen molar-refractivity contribution in [2.75, 3.05) is 38.7 Å². The van der Waals surface area contributed by atoms with E-state index >= 15 is 0 Å². The summed E-state index contributed by atoms with van der Waals surface area (Å²) in [5, 5.41) is 6.24. The first kappa shape index (κ1) is 28.7. The zero-order chi connectivity index (χ0) is 29.3. The molecule has 4 aromatic rings. The lowest BCUT2D eigenvalue weighted by Gasteiger charge is -2.27. The molecule has 0 radical (unpaired) electrons. The predicted octanol–water partition coefficient (Wildman–Crippen LogP) is 6.11. The molecule has 1 aliphatic rings. The molecule has 216 valence electrons. The third-order valence-corrected chi connectivity index (χ3v) is 7.71. The summed E-state index contributed by atoms with van der Waals surface area (Å²) in [6.07, 6.45) is -0.231. The predicted molar refractivity (Wildman–Crippen MR) is 166 cm³/mol. The molecule has 2 N–H and O–H groups in total. The molecule has 0 spiro atoms. The summed E-state index contributed by atoms with van der Waals surface area (Å²) in [4.78, 5) is 28.7. The van der Waals surface area contributed by atoms with Gasteiger partial charge >= 0.3 is 6.09 Å². The molecule has 0 heterocycles. The third kappa shape index (κ3) is 6.74. The second-order valence-electron chi connectivity index (χ2n) is 10.3. The quantitative estimate of drug-likeness (QED) is 0.218. The number of fused-ring (bicyclic) bond motifs is 3. The number of ether oxygens (including phenoxy) is 2. The SMILES string of the molecule is CCN(CCNc1ccc(OC)cc1)C(=O)[C@H](Cc1ccccc1)NC(=O)OCC1c2ccccc2-c2ccccc21. The van der Waals surface area contributed by atoms with E-state index in [9.17, 15) is 9.59 Å². The first-order valence-corrected chi connectivity index (χ1v) is 14.4. The largest absolute Gasteiger partial charge is 0.497 e. The number of likely N-dealkylation sites (N-methyl/N-ethyl adjacent to an activating group) is 1. The third-order valence-electron chi connectivity index (χ3n) is 7.71. The van der Waals surface area contributed by atoms with Crippen molar-refractivity contribution in [3.05, 3.63) is 120 Å². The summed E-state index contributed by atoms with van der Waals surface area (Å²) in [5.74, 6) is 0.586. The number of benzene rings is 4. The van der Waals surface area contributed by atoms with Crippen molar-refractivity contribution < 1.29 is 19.1 Å². The number of rotatable bonds is 12. The topological polar surface area (TPSA) is 79.9 Å². The van der Waals surface area contributed by atoms with Gasteiger partial charge in [-0.2, -0.15) is 0 Å². The number of hydrogen-bond acceptors (Lipinski definition) is 5. The molecule has 0 saturated carbocycles. The van der Waals surface area contributed by atoms with Crippen LogP contribution in [0, 0.1) is 0 Å². The van der Waals surface area contributed by atoms with E-state index in [-0.39, 0.29) is 18.4 Å². The first-order valence-electron chi connectivity index (χ1n) is 14.4. The number of carbonyl (C=O) groups excluding carboxylic acids is 2. The molecule has 7 heteroatoms. The average Bonchev–Trinajstić information content (AvgIpc) is 3.36. The molecule has 2 amide bonds. The van der Waals surface area contributed by atoms with Crippen molar-refractivity contribution in [1.82, 2.24) is 10.2 Å². The van der Waals surface area contributed by atoms with Crippen molar-refractivity contribution in [3.8, 4) is 16.9 Å². The summed E-state index contributed by atoms with van der Waals surface area (Å²) >= 11 is 0. The molecule has 7 nitrogen and oxygen atoms in total. The molecule has 0 aliphatic heterocycles. The minimum Gasteiger partial charge on any atom is -0.497 e. The summed E-state index contributed by atoms with van der Waals surface area (Å²) in [7, 11) is 1.63. The number of nitrogens with zero attached hydrogens (tertiary/aromatic N) is 1. The molecule has 0 bridgehead atoms. The zero-order valence-electron chi connectivity index (χ0n) is 24.1. The Hall–Kier alpha value is -4.78. The minimum atomic E-state index is -0.760. The molecule has 1 atom stereocenters. The number of hydrogen-bond donors (Lipinski definition) is 2. The monoisotopic (exact) mass is 563 g/mol. The number of carbonyl (C=O) groups is 2. The van der Waals surface area contributed by atoms with Crippen LogP contribution in [0.1, 0.15) is 29.5 Å². The van der Waals surface area contributed by atoms with Crippen LogP contribution in [0.15, 0.2) is 103 Å². The second kappa shape index (κ2) is 13.7.